The minimum atomic E-state index is -4.27. The summed E-state index contributed by atoms with van der Waals surface area (Å²) in [5, 5.41) is 3.56. The highest BCUT2D eigenvalue weighted by Gasteiger charge is 2.35. The zero-order chi connectivity index (χ0) is 33.3. The van der Waals surface area contributed by atoms with E-state index in [4.69, 9.17) is 27.9 Å². The Morgan fingerprint density at radius 1 is 0.870 bits per heavy atom. The van der Waals surface area contributed by atoms with Crippen molar-refractivity contribution in [3.63, 3.8) is 0 Å². The van der Waals surface area contributed by atoms with Gasteiger partial charge < -0.3 is 15.0 Å². The first kappa shape index (κ1) is 34.8. The standard InChI is InChI=1S/C35H37Cl2N3O5S/c1-4-19-38-35(42)32(22-26-11-7-5-8-12-26)39(23-27-16-17-29(36)30(37)21-27)34(41)24-40(31-20-25(2)15-18-33(31)45-3)46(43,44)28-13-9-6-10-14-28/h5-18,20-21,32H,4,19,22-24H2,1-3H3,(H,38,42). The van der Waals surface area contributed by atoms with Gasteiger partial charge in [-0.2, -0.15) is 0 Å². The van der Waals surface area contributed by atoms with Gasteiger partial charge in [0.1, 0.15) is 18.3 Å². The van der Waals surface area contributed by atoms with Gasteiger partial charge in [0.05, 0.1) is 27.7 Å². The van der Waals surface area contributed by atoms with E-state index in [2.05, 4.69) is 5.32 Å². The summed E-state index contributed by atoms with van der Waals surface area (Å²) in [5.74, 6) is -0.679. The summed E-state index contributed by atoms with van der Waals surface area (Å²) < 4.78 is 35.1. The summed E-state index contributed by atoms with van der Waals surface area (Å²) in [6, 6.07) is 26.4. The highest BCUT2D eigenvalue weighted by molar-refractivity contribution is 7.92. The van der Waals surface area contributed by atoms with Crippen LogP contribution in [0.1, 0.15) is 30.0 Å². The lowest BCUT2D eigenvalue weighted by molar-refractivity contribution is -0.140. The van der Waals surface area contributed by atoms with Crippen molar-refractivity contribution in [3.8, 4) is 5.75 Å². The number of nitrogens with one attached hydrogen (secondary N) is 1. The van der Waals surface area contributed by atoms with Gasteiger partial charge in [0.2, 0.25) is 11.8 Å². The number of rotatable bonds is 14. The van der Waals surface area contributed by atoms with E-state index in [9.17, 15) is 18.0 Å². The average molecular weight is 683 g/mol. The van der Waals surface area contributed by atoms with E-state index in [-0.39, 0.29) is 35.2 Å². The normalized spacial score (nSPS) is 11.8. The van der Waals surface area contributed by atoms with Crippen molar-refractivity contribution < 1.29 is 22.7 Å². The molecule has 8 nitrogen and oxygen atoms in total. The van der Waals surface area contributed by atoms with Crippen LogP contribution in [0.25, 0.3) is 0 Å². The summed E-state index contributed by atoms with van der Waals surface area (Å²) in [5.41, 5.74) is 2.42. The third kappa shape index (κ3) is 8.60. The van der Waals surface area contributed by atoms with Gasteiger partial charge >= 0.3 is 0 Å². The van der Waals surface area contributed by atoms with Gasteiger partial charge in [-0.25, -0.2) is 8.42 Å². The van der Waals surface area contributed by atoms with Crippen molar-refractivity contribution in [3.05, 3.63) is 124 Å². The molecule has 1 unspecified atom stereocenters. The van der Waals surface area contributed by atoms with E-state index in [0.717, 1.165) is 15.4 Å². The van der Waals surface area contributed by atoms with Crippen LogP contribution in [0.2, 0.25) is 10.0 Å². The lowest BCUT2D eigenvalue weighted by Gasteiger charge is -2.34. The minimum Gasteiger partial charge on any atom is -0.495 e. The molecule has 0 fully saturated rings. The second-order valence-corrected chi connectivity index (χ2v) is 13.4. The van der Waals surface area contributed by atoms with Crippen LogP contribution < -0.4 is 14.4 Å². The van der Waals surface area contributed by atoms with Crippen molar-refractivity contribution >= 4 is 50.7 Å². The third-order valence-corrected chi connectivity index (χ3v) is 9.88. The number of amides is 2. The Hall–Kier alpha value is -4.05. The summed E-state index contributed by atoms with van der Waals surface area (Å²) in [6.07, 6.45) is 0.892. The fourth-order valence-electron chi connectivity index (χ4n) is 4.98. The number of methoxy groups -OCH3 is 1. The maximum Gasteiger partial charge on any atom is 0.264 e. The number of hydrogen-bond acceptors (Lipinski definition) is 5. The van der Waals surface area contributed by atoms with Crippen LogP contribution in [0, 0.1) is 6.92 Å². The second-order valence-electron chi connectivity index (χ2n) is 10.8. The highest BCUT2D eigenvalue weighted by atomic mass is 35.5. The molecule has 0 aromatic heterocycles. The molecule has 0 heterocycles. The van der Waals surface area contributed by atoms with Crippen molar-refractivity contribution in [2.45, 2.75) is 44.2 Å². The highest BCUT2D eigenvalue weighted by Crippen LogP contribution is 2.34. The molecule has 1 N–H and O–H groups in total. The summed E-state index contributed by atoms with van der Waals surface area (Å²) in [7, 11) is -2.83. The molecule has 0 aliphatic heterocycles. The Kier molecular flexibility index (Phi) is 12.1. The van der Waals surface area contributed by atoms with Gasteiger partial charge in [0, 0.05) is 19.5 Å². The number of carbonyl (C=O) groups excluding carboxylic acids is 2. The lowest BCUT2D eigenvalue weighted by Crippen LogP contribution is -2.53. The van der Waals surface area contributed by atoms with E-state index in [1.807, 2.05) is 44.2 Å². The average Bonchev–Trinajstić information content (AvgIpc) is 3.06. The number of hydrogen-bond donors (Lipinski definition) is 1. The van der Waals surface area contributed by atoms with Crippen LogP contribution in [0.3, 0.4) is 0 Å². The number of nitrogens with zero attached hydrogens (tertiary/aromatic N) is 2. The Balaban J connectivity index is 1.85. The molecule has 2 amide bonds. The lowest BCUT2D eigenvalue weighted by atomic mass is 10.0. The molecule has 4 rings (SSSR count). The summed E-state index contributed by atoms with van der Waals surface area (Å²) in [6.45, 7) is 3.53. The second kappa shape index (κ2) is 16.0. The Labute approximate surface area is 280 Å². The number of sulfonamides is 1. The zero-order valence-corrected chi connectivity index (χ0v) is 28.3. The Morgan fingerprint density at radius 2 is 1.54 bits per heavy atom. The maximum absolute atomic E-state index is 14.6. The van der Waals surface area contributed by atoms with Crippen LogP contribution >= 0.6 is 23.2 Å². The molecule has 11 heteroatoms. The van der Waals surface area contributed by atoms with Gasteiger partial charge in [0.25, 0.3) is 10.0 Å². The molecule has 46 heavy (non-hydrogen) atoms. The first-order valence-electron chi connectivity index (χ1n) is 14.8. The van der Waals surface area contributed by atoms with Gasteiger partial charge in [-0.3, -0.25) is 13.9 Å². The molecule has 1 atom stereocenters. The SMILES string of the molecule is CCCNC(=O)C(Cc1ccccc1)N(Cc1ccc(Cl)c(Cl)c1)C(=O)CN(c1cc(C)ccc1OC)S(=O)(=O)c1ccccc1. The molecule has 4 aromatic rings. The van der Waals surface area contributed by atoms with Crippen molar-refractivity contribution in [1.29, 1.82) is 0 Å². The maximum atomic E-state index is 14.6. The Bertz CT molecular complexity index is 1760. The summed E-state index contributed by atoms with van der Waals surface area (Å²) >= 11 is 12.5. The monoisotopic (exact) mass is 681 g/mol. The Morgan fingerprint density at radius 3 is 2.17 bits per heavy atom. The fraction of sp³-hybridized carbons (Fsp3) is 0.257. The molecule has 0 saturated heterocycles. The molecule has 4 aromatic carbocycles. The quantitative estimate of drug-likeness (QED) is 0.160. The van der Waals surface area contributed by atoms with Crippen LogP contribution in [-0.2, 0) is 32.6 Å². The van der Waals surface area contributed by atoms with E-state index >= 15 is 0 Å². The molecule has 0 aliphatic rings. The van der Waals surface area contributed by atoms with Gasteiger partial charge in [-0.15, -0.1) is 0 Å². The first-order chi connectivity index (χ1) is 22.0. The van der Waals surface area contributed by atoms with Crippen LogP contribution in [0.15, 0.2) is 102 Å². The molecule has 0 aliphatic carbocycles. The number of ether oxygens (including phenoxy) is 1. The fourth-order valence-corrected chi connectivity index (χ4v) is 6.74. The number of anilines is 1. The van der Waals surface area contributed by atoms with Crippen molar-refractivity contribution in [2.24, 2.45) is 0 Å². The molecule has 0 spiro atoms. The largest absolute Gasteiger partial charge is 0.495 e. The number of aryl methyl sites for hydroxylation is 1. The van der Waals surface area contributed by atoms with Gasteiger partial charge in [0.15, 0.2) is 0 Å². The molecular weight excluding hydrogens is 645 g/mol. The topological polar surface area (TPSA) is 96.0 Å². The van der Waals surface area contributed by atoms with Crippen LogP contribution in [0.4, 0.5) is 5.69 Å². The molecule has 0 radical (unpaired) electrons. The van der Waals surface area contributed by atoms with E-state index in [0.29, 0.717) is 28.6 Å². The van der Waals surface area contributed by atoms with Crippen molar-refractivity contribution in [1.82, 2.24) is 10.2 Å². The van der Waals surface area contributed by atoms with Crippen LogP contribution in [0.5, 0.6) is 5.75 Å². The predicted molar refractivity (Wildman–Crippen MR) is 183 cm³/mol. The number of carbonyl (C=O) groups is 2. The summed E-state index contributed by atoms with van der Waals surface area (Å²) in [4.78, 5) is 29.8. The van der Waals surface area contributed by atoms with E-state index in [1.165, 1.54) is 24.1 Å². The smallest absolute Gasteiger partial charge is 0.264 e. The van der Waals surface area contributed by atoms with E-state index in [1.54, 1.807) is 54.6 Å². The first-order valence-corrected chi connectivity index (χ1v) is 17.0. The number of halogens is 2. The number of benzene rings is 4. The molecule has 242 valence electrons. The van der Waals surface area contributed by atoms with Gasteiger partial charge in [-0.05, 0) is 66.4 Å². The third-order valence-electron chi connectivity index (χ3n) is 7.37. The van der Waals surface area contributed by atoms with Crippen molar-refractivity contribution in [2.75, 3.05) is 24.5 Å². The molecule has 0 saturated carbocycles. The minimum absolute atomic E-state index is 0.00363. The molecule has 0 bridgehead atoms. The molecular formula is C35H37Cl2N3O5S. The zero-order valence-electron chi connectivity index (χ0n) is 26.0. The van der Waals surface area contributed by atoms with E-state index < -0.39 is 28.5 Å². The van der Waals surface area contributed by atoms with Crippen LogP contribution in [-0.4, -0.2) is 51.4 Å². The van der Waals surface area contributed by atoms with Gasteiger partial charge in [-0.1, -0.05) is 90.8 Å². The predicted octanol–water partition coefficient (Wildman–Crippen LogP) is 6.67.